The zero-order valence-corrected chi connectivity index (χ0v) is 8.83. The Hall–Kier alpha value is -1.00. The maximum atomic E-state index is 12.5. The van der Waals surface area contributed by atoms with E-state index in [2.05, 4.69) is 10.1 Å². The molecule has 5 heteroatoms. The van der Waals surface area contributed by atoms with Gasteiger partial charge in [0.15, 0.2) is 0 Å². The van der Waals surface area contributed by atoms with Crippen LogP contribution in [0.2, 0.25) is 0 Å². The maximum Gasteiger partial charge on any atom is 0.334 e. The van der Waals surface area contributed by atoms with Gasteiger partial charge in [0, 0.05) is 5.41 Å². The minimum absolute atomic E-state index is 0.226. The van der Waals surface area contributed by atoms with Crippen molar-refractivity contribution in [1.82, 2.24) is 14.8 Å². The lowest BCUT2D eigenvalue weighted by Gasteiger charge is -2.28. The van der Waals surface area contributed by atoms with E-state index < -0.39 is 12.0 Å². The molecule has 1 heterocycles. The van der Waals surface area contributed by atoms with Crippen LogP contribution in [0.1, 0.15) is 40.1 Å². The molecule has 0 saturated carbocycles. The van der Waals surface area contributed by atoms with Crippen molar-refractivity contribution in [1.29, 1.82) is 0 Å². The van der Waals surface area contributed by atoms with E-state index in [9.17, 15) is 8.78 Å². The molecule has 0 unspecified atom stereocenters. The second-order valence-corrected chi connectivity index (χ2v) is 4.18. The van der Waals surface area contributed by atoms with Gasteiger partial charge in [-0.1, -0.05) is 27.7 Å². The van der Waals surface area contributed by atoms with Gasteiger partial charge < -0.3 is 0 Å². The fourth-order valence-electron chi connectivity index (χ4n) is 1.11. The molecular formula is C9H15F2N3. The predicted molar refractivity (Wildman–Crippen MR) is 49.1 cm³/mol. The fourth-order valence-corrected chi connectivity index (χ4v) is 1.11. The maximum absolute atomic E-state index is 12.5. The lowest BCUT2D eigenvalue weighted by atomic mass is 9.80. The summed E-state index contributed by atoms with van der Waals surface area (Å²) in [5, 5.41) is 3.52. The number of nitrogens with zero attached hydrogens (tertiary/aromatic N) is 3. The minimum Gasteiger partial charge on any atom is -0.219 e. The molecule has 0 saturated heterocycles. The Labute approximate surface area is 82.1 Å². The minimum atomic E-state index is -2.62. The highest BCUT2D eigenvalue weighted by Gasteiger charge is 2.32. The van der Waals surface area contributed by atoms with E-state index in [-0.39, 0.29) is 5.92 Å². The first kappa shape index (κ1) is 11.1. The van der Waals surface area contributed by atoms with Gasteiger partial charge in [0.05, 0.1) is 0 Å². The third kappa shape index (κ3) is 1.76. The SMILES string of the molecule is CC(C)C(C)(C)c1ncnn1C(F)F. The Morgan fingerprint density at radius 2 is 1.93 bits per heavy atom. The van der Waals surface area contributed by atoms with Crippen LogP contribution in [0, 0.1) is 5.92 Å². The van der Waals surface area contributed by atoms with Crippen LogP contribution in [0.3, 0.4) is 0 Å². The summed E-state index contributed by atoms with van der Waals surface area (Å²) in [5.74, 6) is 0.562. The van der Waals surface area contributed by atoms with E-state index in [0.717, 1.165) is 0 Å². The lowest BCUT2D eigenvalue weighted by molar-refractivity contribution is 0.0473. The summed E-state index contributed by atoms with van der Waals surface area (Å²) in [6.07, 6.45) is 1.17. The summed E-state index contributed by atoms with van der Waals surface area (Å²) in [4.78, 5) is 3.90. The van der Waals surface area contributed by atoms with Crippen molar-refractivity contribution in [2.75, 3.05) is 0 Å². The molecule has 0 spiro atoms. The standard InChI is InChI=1S/C9H15F2N3/c1-6(2)9(3,4)7-12-5-13-14(7)8(10)11/h5-6,8H,1-4H3. The third-order valence-corrected chi connectivity index (χ3v) is 2.78. The normalized spacial score (nSPS) is 12.9. The van der Waals surface area contributed by atoms with Crippen molar-refractivity contribution in [2.45, 2.75) is 39.7 Å². The average molecular weight is 203 g/mol. The van der Waals surface area contributed by atoms with Gasteiger partial charge >= 0.3 is 6.55 Å². The molecule has 0 fully saturated rings. The lowest BCUT2D eigenvalue weighted by Crippen LogP contribution is -2.29. The molecule has 0 aliphatic rings. The smallest absolute Gasteiger partial charge is 0.219 e. The van der Waals surface area contributed by atoms with Crippen LogP contribution in [0.15, 0.2) is 6.33 Å². The molecular weight excluding hydrogens is 188 g/mol. The summed E-state index contributed by atoms with van der Waals surface area (Å²) in [6, 6.07) is 0. The van der Waals surface area contributed by atoms with Gasteiger partial charge in [0.1, 0.15) is 12.2 Å². The first-order valence-electron chi connectivity index (χ1n) is 4.55. The van der Waals surface area contributed by atoms with E-state index in [1.807, 2.05) is 27.7 Å². The molecule has 0 aliphatic carbocycles. The Balaban J connectivity index is 3.12. The highest BCUT2D eigenvalue weighted by Crippen LogP contribution is 2.31. The van der Waals surface area contributed by atoms with Crippen molar-refractivity contribution in [2.24, 2.45) is 5.92 Å². The van der Waals surface area contributed by atoms with E-state index in [0.29, 0.717) is 10.5 Å². The van der Waals surface area contributed by atoms with Gasteiger partial charge in [-0.05, 0) is 5.92 Å². The molecule has 1 aromatic heterocycles. The number of hydrogen-bond acceptors (Lipinski definition) is 2. The molecule has 80 valence electrons. The van der Waals surface area contributed by atoms with E-state index in [1.54, 1.807) is 0 Å². The highest BCUT2D eigenvalue weighted by molar-refractivity contribution is 5.05. The van der Waals surface area contributed by atoms with Gasteiger partial charge in [0.25, 0.3) is 0 Å². The highest BCUT2D eigenvalue weighted by atomic mass is 19.3. The van der Waals surface area contributed by atoms with Crippen LogP contribution < -0.4 is 0 Å². The summed E-state index contributed by atoms with van der Waals surface area (Å²) in [5.41, 5.74) is -0.396. The van der Waals surface area contributed by atoms with E-state index >= 15 is 0 Å². The molecule has 0 bridgehead atoms. The number of aromatic nitrogens is 3. The number of alkyl halides is 2. The Kier molecular flexibility index (Phi) is 2.87. The van der Waals surface area contributed by atoms with Crippen LogP contribution in [0.4, 0.5) is 8.78 Å². The van der Waals surface area contributed by atoms with Gasteiger partial charge in [-0.3, -0.25) is 0 Å². The summed E-state index contributed by atoms with van der Waals surface area (Å²) >= 11 is 0. The fraction of sp³-hybridized carbons (Fsp3) is 0.778. The Bertz CT molecular complexity index is 305. The summed E-state index contributed by atoms with van der Waals surface area (Å²) in [7, 11) is 0. The zero-order chi connectivity index (χ0) is 10.9. The van der Waals surface area contributed by atoms with Crippen LogP contribution in [0.5, 0.6) is 0 Å². The van der Waals surface area contributed by atoms with Crippen LogP contribution in [-0.2, 0) is 5.41 Å². The van der Waals surface area contributed by atoms with E-state index in [4.69, 9.17) is 0 Å². The van der Waals surface area contributed by atoms with Crippen molar-refractivity contribution in [3.63, 3.8) is 0 Å². The molecule has 0 N–H and O–H groups in total. The Morgan fingerprint density at radius 1 is 1.36 bits per heavy atom. The second-order valence-electron chi connectivity index (χ2n) is 4.18. The number of hydrogen-bond donors (Lipinski definition) is 0. The monoisotopic (exact) mass is 203 g/mol. The molecule has 0 amide bonds. The first-order valence-corrected chi connectivity index (χ1v) is 4.55. The van der Waals surface area contributed by atoms with E-state index in [1.165, 1.54) is 6.33 Å². The molecule has 14 heavy (non-hydrogen) atoms. The second kappa shape index (κ2) is 3.63. The molecule has 0 atom stereocenters. The summed E-state index contributed by atoms with van der Waals surface area (Å²) < 4.78 is 25.7. The summed E-state index contributed by atoms with van der Waals surface area (Å²) in [6.45, 7) is 5.11. The predicted octanol–water partition coefficient (Wildman–Crippen LogP) is 2.61. The molecule has 0 aliphatic heterocycles. The van der Waals surface area contributed by atoms with Gasteiger partial charge in [-0.25, -0.2) is 4.98 Å². The quantitative estimate of drug-likeness (QED) is 0.756. The van der Waals surface area contributed by atoms with Gasteiger partial charge in [-0.2, -0.15) is 18.6 Å². The molecule has 3 nitrogen and oxygen atoms in total. The first-order chi connectivity index (χ1) is 6.37. The largest absolute Gasteiger partial charge is 0.334 e. The van der Waals surface area contributed by atoms with Crippen molar-refractivity contribution in [3.05, 3.63) is 12.2 Å². The number of halogens is 2. The van der Waals surface area contributed by atoms with Crippen molar-refractivity contribution < 1.29 is 8.78 Å². The molecule has 1 rings (SSSR count). The van der Waals surface area contributed by atoms with Gasteiger partial charge in [0.2, 0.25) is 0 Å². The molecule has 1 aromatic rings. The van der Waals surface area contributed by atoms with Crippen molar-refractivity contribution >= 4 is 0 Å². The van der Waals surface area contributed by atoms with Gasteiger partial charge in [-0.15, -0.1) is 0 Å². The average Bonchev–Trinajstić information content (AvgIpc) is 2.51. The van der Waals surface area contributed by atoms with Crippen LogP contribution >= 0.6 is 0 Å². The zero-order valence-electron chi connectivity index (χ0n) is 8.83. The number of rotatable bonds is 3. The molecule has 0 aromatic carbocycles. The Morgan fingerprint density at radius 3 is 2.36 bits per heavy atom. The van der Waals surface area contributed by atoms with Crippen LogP contribution in [-0.4, -0.2) is 14.8 Å². The topological polar surface area (TPSA) is 30.7 Å². The van der Waals surface area contributed by atoms with Crippen LogP contribution in [0.25, 0.3) is 0 Å². The molecule has 0 radical (unpaired) electrons. The third-order valence-electron chi connectivity index (χ3n) is 2.78. The van der Waals surface area contributed by atoms with Crippen molar-refractivity contribution in [3.8, 4) is 0 Å².